The van der Waals surface area contributed by atoms with Gasteiger partial charge < -0.3 is 9.32 Å². The second-order valence-electron chi connectivity index (χ2n) is 7.13. The average Bonchev–Trinajstić information content (AvgIpc) is 3.44. The third kappa shape index (κ3) is 4.19. The quantitative estimate of drug-likeness (QED) is 0.401. The molecule has 4 aromatic rings. The molecule has 0 radical (unpaired) electrons. The number of aryl methyl sites for hydroxylation is 2. The second kappa shape index (κ2) is 8.63. The van der Waals surface area contributed by atoms with Crippen molar-refractivity contribution in [1.29, 1.82) is 0 Å². The van der Waals surface area contributed by atoms with Gasteiger partial charge in [-0.1, -0.05) is 24.3 Å². The number of thiophene rings is 1. The van der Waals surface area contributed by atoms with E-state index in [9.17, 15) is 4.79 Å². The van der Waals surface area contributed by atoms with Crippen LogP contribution in [0.15, 0.2) is 64.4 Å². The summed E-state index contributed by atoms with van der Waals surface area (Å²) in [6.07, 6.45) is 0. The molecule has 4 rings (SSSR count). The van der Waals surface area contributed by atoms with Gasteiger partial charge in [-0.05, 0) is 66.2 Å². The fraction of sp³-hybridized carbons (Fsp3) is 0.208. The summed E-state index contributed by atoms with van der Waals surface area (Å²) in [5, 5.41) is 10.1. The molecule has 0 aliphatic carbocycles. The summed E-state index contributed by atoms with van der Waals surface area (Å²) >= 11 is 1.67. The van der Waals surface area contributed by atoms with Crippen molar-refractivity contribution < 1.29 is 9.21 Å². The summed E-state index contributed by atoms with van der Waals surface area (Å²) in [4.78, 5) is 16.0. The van der Waals surface area contributed by atoms with Crippen LogP contribution < -0.4 is 0 Å². The highest BCUT2D eigenvalue weighted by Crippen LogP contribution is 2.29. The van der Waals surface area contributed by atoms with Crippen molar-refractivity contribution in [2.45, 2.75) is 27.3 Å². The Bertz CT molecular complexity index is 1150. The van der Waals surface area contributed by atoms with Crippen LogP contribution in [0.4, 0.5) is 0 Å². The van der Waals surface area contributed by atoms with Crippen LogP contribution in [-0.2, 0) is 6.54 Å². The Balaban J connectivity index is 1.58. The number of carbonyl (C=O) groups is 1. The lowest BCUT2D eigenvalue weighted by molar-refractivity contribution is 0.0754. The van der Waals surface area contributed by atoms with Crippen molar-refractivity contribution in [3.8, 4) is 22.6 Å². The van der Waals surface area contributed by atoms with Crippen LogP contribution in [0.2, 0.25) is 0 Å². The molecule has 0 N–H and O–H groups in total. The molecule has 0 aliphatic heterocycles. The Labute approximate surface area is 180 Å². The van der Waals surface area contributed by atoms with Crippen LogP contribution in [-0.4, -0.2) is 27.5 Å². The van der Waals surface area contributed by atoms with Crippen LogP contribution in [0.3, 0.4) is 0 Å². The number of carbonyl (C=O) groups excluding carboxylic acids is 1. The van der Waals surface area contributed by atoms with Gasteiger partial charge in [0.05, 0.1) is 6.54 Å². The first-order valence-corrected chi connectivity index (χ1v) is 10.8. The maximum absolute atomic E-state index is 13.0. The smallest absolute Gasteiger partial charge is 0.254 e. The molecule has 30 heavy (non-hydrogen) atoms. The SMILES string of the molecule is CCN(Cc1cccs1)C(=O)c1ccc(-c2cc(-c3nnc(C)o3)ccc2C)cc1. The Hall–Kier alpha value is -3.25. The number of aromatic nitrogens is 2. The third-order valence-electron chi connectivity index (χ3n) is 5.05. The lowest BCUT2D eigenvalue weighted by atomic mass is 9.97. The largest absolute Gasteiger partial charge is 0.421 e. The van der Waals surface area contributed by atoms with Crippen LogP contribution in [0.25, 0.3) is 22.6 Å². The van der Waals surface area contributed by atoms with Gasteiger partial charge in [-0.15, -0.1) is 21.5 Å². The fourth-order valence-electron chi connectivity index (χ4n) is 3.37. The van der Waals surface area contributed by atoms with Crippen molar-refractivity contribution in [2.75, 3.05) is 6.54 Å². The van der Waals surface area contributed by atoms with Crippen LogP contribution >= 0.6 is 11.3 Å². The molecule has 0 saturated heterocycles. The zero-order valence-corrected chi connectivity index (χ0v) is 18.1. The summed E-state index contributed by atoms with van der Waals surface area (Å²) in [5.41, 5.74) is 4.83. The molecule has 6 heteroatoms. The summed E-state index contributed by atoms with van der Waals surface area (Å²) in [7, 11) is 0. The van der Waals surface area contributed by atoms with E-state index in [2.05, 4.69) is 23.2 Å². The molecule has 152 valence electrons. The van der Waals surface area contributed by atoms with Gasteiger partial charge in [0.15, 0.2) is 0 Å². The number of benzene rings is 2. The normalized spacial score (nSPS) is 10.9. The van der Waals surface area contributed by atoms with Crippen LogP contribution in [0.1, 0.15) is 33.6 Å². The molecule has 0 bridgehead atoms. The topological polar surface area (TPSA) is 59.2 Å². The van der Waals surface area contributed by atoms with E-state index in [4.69, 9.17) is 4.42 Å². The van der Waals surface area contributed by atoms with Crippen molar-refractivity contribution in [3.63, 3.8) is 0 Å². The zero-order chi connectivity index (χ0) is 21.1. The Kier molecular flexibility index (Phi) is 5.77. The fourth-order valence-corrected chi connectivity index (χ4v) is 4.09. The molecule has 0 fully saturated rings. The first-order valence-electron chi connectivity index (χ1n) is 9.88. The van der Waals surface area contributed by atoms with Gasteiger partial charge in [-0.2, -0.15) is 0 Å². The third-order valence-corrected chi connectivity index (χ3v) is 5.91. The molecular weight excluding hydrogens is 394 g/mol. The van der Waals surface area contributed by atoms with Gasteiger partial charge >= 0.3 is 0 Å². The highest BCUT2D eigenvalue weighted by Gasteiger charge is 2.16. The zero-order valence-electron chi connectivity index (χ0n) is 17.3. The Morgan fingerprint density at radius 1 is 1.03 bits per heavy atom. The van der Waals surface area contributed by atoms with Gasteiger partial charge in [0.1, 0.15) is 0 Å². The molecule has 0 spiro atoms. The van der Waals surface area contributed by atoms with Crippen molar-refractivity contribution >= 4 is 17.2 Å². The van der Waals surface area contributed by atoms with E-state index in [0.29, 0.717) is 30.4 Å². The number of rotatable bonds is 6. The van der Waals surface area contributed by atoms with Gasteiger partial charge in [-0.3, -0.25) is 4.79 Å². The van der Waals surface area contributed by atoms with Gasteiger partial charge in [0.25, 0.3) is 5.91 Å². The van der Waals surface area contributed by atoms with E-state index in [1.54, 1.807) is 18.3 Å². The lowest BCUT2D eigenvalue weighted by Gasteiger charge is -2.20. The summed E-state index contributed by atoms with van der Waals surface area (Å²) in [6, 6.07) is 17.9. The maximum atomic E-state index is 13.0. The predicted molar refractivity (Wildman–Crippen MR) is 119 cm³/mol. The standard InChI is InChI=1S/C24H23N3O2S/c1-4-27(15-21-6-5-13-30-21)24(28)19-11-9-18(10-12-19)22-14-20(8-7-16(22)2)23-26-25-17(3)29-23/h5-14H,4,15H2,1-3H3. The molecule has 2 aromatic carbocycles. The first-order chi connectivity index (χ1) is 14.5. The van der Waals surface area contributed by atoms with Crippen LogP contribution in [0, 0.1) is 13.8 Å². The minimum atomic E-state index is 0.0456. The highest BCUT2D eigenvalue weighted by atomic mass is 32.1. The lowest BCUT2D eigenvalue weighted by Crippen LogP contribution is -2.29. The van der Waals surface area contributed by atoms with E-state index in [1.807, 2.05) is 65.7 Å². The Morgan fingerprint density at radius 2 is 1.80 bits per heavy atom. The number of hydrogen-bond acceptors (Lipinski definition) is 5. The van der Waals surface area contributed by atoms with E-state index >= 15 is 0 Å². The van der Waals surface area contributed by atoms with Gasteiger partial charge in [-0.25, -0.2) is 0 Å². The van der Waals surface area contributed by atoms with Gasteiger partial charge in [0, 0.05) is 29.5 Å². The van der Waals surface area contributed by atoms with E-state index < -0.39 is 0 Å². The van der Waals surface area contributed by atoms with Crippen molar-refractivity contribution in [1.82, 2.24) is 15.1 Å². The molecule has 2 aromatic heterocycles. The maximum Gasteiger partial charge on any atom is 0.254 e. The van der Waals surface area contributed by atoms with Crippen molar-refractivity contribution in [3.05, 3.63) is 81.9 Å². The summed E-state index contributed by atoms with van der Waals surface area (Å²) < 4.78 is 5.56. The van der Waals surface area contributed by atoms with Crippen LogP contribution in [0.5, 0.6) is 0 Å². The summed E-state index contributed by atoms with van der Waals surface area (Å²) in [6.45, 7) is 7.16. The van der Waals surface area contributed by atoms with Gasteiger partial charge in [0.2, 0.25) is 11.8 Å². The molecule has 0 aliphatic rings. The van der Waals surface area contributed by atoms with E-state index in [-0.39, 0.29) is 5.91 Å². The number of amides is 1. The number of nitrogens with zero attached hydrogens (tertiary/aromatic N) is 3. The first kappa shape index (κ1) is 20.0. The van der Waals surface area contributed by atoms with E-state index in [0.717, 1.165) is 22.3 Å². The summed E-state index contributed by atoms with van der Waals surface area (Å²) in [5.74, 6) is 1.09. The second-order valence-corrected chi connectivity index (χ2v) is 8.16. The highest BCUT2D eigenvalue weighted by molar-refractivity contribution is 7.09. The minimum absolute atomic E-state index is 0.0456. The molecule has 0 saturated carbocycles. The van der Waals surface area contributed by atoms with E-state index in [1.165, 1.54) is 4.88 Å². The monoisotopic (exact) mass is 417 g/mol. The molecular formula is C24H23N3O2S. The molecule has 1 amide bonds. The minimum Gasteiger partial charge on any atom is -0.421 e. The van der Waals surface area contributed by atoms with Crippen molar-refractivity contribution in [2.24, 2.45) is 0 Å². The molecule has 5 nitrogen and oxygen atoms in total. The molecule has 0 unspecified atom stereocenters. The predicted octanol–water partition coefficient (Wildman–Crippen LogP) is 5.74. The Morgan fingerprint density at radius 3 is 2.43 bits per heavy atom. The molecule has 2 heterocycles. The average molecular weight is 418 g/mol. The molecule has 0 atom stereocenters. The number of hydrogen-bond donors (Lipinski definition) is 0.